The lowest BCUT2D eigenvalue weighted by atomic mass is 10.3. The molecule has 1 fully saturated rings. The third kappa shape index (κ3) is 4.62. The second kappa shape index (κ2) is 6.21. The van der Waals surface area contributed by atoms with Crippen molar-refractivity contribution in [1.82, 2.24) is 10.2 Å². The van der Waals surface area contributed by atoms with Gasteiger partial charge in [0.25, 0.3) is 0 Å². The number of aliphatic hydroxyl groups is 1. The average molecular weight is 212 g/mol. The SMILES string of the molecule is O=C(O)N1C=CC=CC1.O[C@@H]1CCNC1. The van der Waals surface area contributed by atoms with Gasteiger partial charge in [0.15, 0.2) is 0 Å². The van der Waals surface area contributed by atoms with Crippen LogP contribution in [0.25, 0.3) is 0 Å². The van der Waals surface area contributed by atoms with Gasteiger partial charge >= 0.3 is 6.09 Å². The number of carboxylic acid groups (broad SMARTS) is 1. The first-order valence-corrected chi connectivity index (χ1v) is 4.92. The number of hydrogen-bond donors (Lipinski definition) is 3. The van der Waals surface area contributed by atoms with Crippen molar-refractivity contribution in [3.63, 3.8) is 0 Å². The second-order valence-corrected chi connectivity index (χ2v) is 3.35. The Balaban J connectivity index is 0.000000162. The van der Waals surface area contributed by atoms with Gasteiger partial charge in [0.2, 0.25) is 0 Å². The fourth-order valence-electron chi connectivity index (χ4n) is 1.25. The molecule has 2 aliphatic rings. The maximum absolute atomic E-state index is 10.2. The summed E-state index contributed by atoms with van der Waals surface area (Å²) < 4.78 is 0. The number of amides is 1. The van der Waals surface area contributed by atoms with E-state index in [4.69, 9.17) is 10.2 Å². The Hall–Kier alpha value is -1.33. The Morgan fingerprint density at radius 1 is 1.47 bits per heavy atom. The Bertz CT molecular complexity index is 257. The first-order chi connectivity index (χ1) is 7.20. The molecule has 1 atom stereocenters. The standard InChI is InChI=1S/C6H7NO2.C4H9NO/c8-6(9)7-4-2-1-3-5-7;6-4-1-2-5-3-4/h1-4H,5H2,(H,8,9);4-6H,1-3H2/t;4-/m.1/s1. The number of allylic oxidation sites excluding steroid dienone is 2. The van der Waals surface area contributed by atoms with Gasteiger partial charge in [-0.2, -0.15) is 0 Å². The van der Waals surface area contributed by atoms with E-state index in [9.17, 15) is 4.79 Å². The topological polar surface area (TPSA) is 72.8 Å². The van der Waals surface area contributed by atoms with Crippen molar-refractivity contribution in [1.29, 1.82) is 0 Å². The van der Waals surface area contributed by atoms with Crippen LogP contribution in [-0.2, 0) is 0 Å². The van der Waals surface area contributed by atoms with Crippen LogP contribution in [0.3, 0.4) is 0 Å². The number of nitrogens with one attached hydrogen (secondary N) is 1. The zero-order chi connectivity index (χ0) is 11.1. The number of aliphatic hydroxyl groups excluding tert-OH is 1. The molecule has 3 N–H and O–H groups in total. The predicted molar refractivity (Wildman–Crippen MR) is 56.5 cm³/mol. The molecule has 5 nitrogen and oxygen atoms in total. The minimum Gasteiger partial charge on any atom is -0.465 e. The van der Waals surface area contributed by atoms with E-state index in [0.717, 1.165) is 19.5 Å². The summed E-state index contributed by atoms with van der Waals surface area (Å²) in [5.74, 6) is 0. The lowest BCUT2D eigenvalue weighted by molar-refractivity contribution is 0.166. The summed E-state index contributed by atoms with van der Waals surface area (Å²) in [5, 5.41) is 20.1. The number of hydrogen-bond acceptors (Lipinski definition) is 3. The van der Waals surface area contributed by atoms with Gasteiger partial charge in [-0.1, -0.05) is 12.2 Å². The van der Waals surface area contributed by atoms with E-state index in [1.807, 2.05) is 6.08 Å². The number of nitrogens with zero attached hydrogens (tertiary/aromatic N) is 1. The normalized spacial score (nSPS) is 23.5. The quantitative estimate of drug-likeness (QED) is 0.543. The highest BCUT2D eigenvalue weighted by atomic mass is 16.4. The molecule has 1 amide bonds. The van der Waals surface area contributed by atoms with Crippen molar-refractivity contribution in [3.8, 4) is 0 Å². The lowest BCUT2D eigenvalue weighted by Gasteiger charge is -2.12. The average Bonchev–Trinajstić information content (AvgIpc) is 2.71. The molecular formula is C10H16N2O3. The number of carbonyl (C=O) groups is 1. The van der Waals surface area contributed by atoms with Crippen LogP contribution < -0.4 is 5.32 Å². The van der Waals surface area contributed by atoms with Crippen LogP contribution in [0.1, 0.15) is 6.42 Å². The first kappa shape index (κ1) is 11.7. The predicted octanol–water partition coefficient (Wildman–Crippen LogP) is 0.391. The van der Waals surface area contributed by atoms with Crippen molar-refractivity contribution >= 4 is 6.09 Å². The summed E-state index contributed by atoms with van der Waals surface area (Å²) in [7, 11) is 0. The van der Waals surface area contributed by atoms with E-state index in [1.54, 1.807) is 12.2 Å². The largest absolute Gasteiger partial charge is 0.465 e. The summed E-state index contributed by atoms with van der Waals surface area (Å²) >= 11 is 0. The molecule has 0 saturated carbocycles. The van der Waals surface area contributed by atoms with E-state index >= 15 is 0 Å². The van der Waals surface area contributed by atoms with E-state index < -0.39 is 6.09 Å². The van der Waals surface area contributed by atoms with E-state index in [2.05, 4.69) is 5.32 Å². The minimum atomic E-state index is -0.907. The Morgan fingerprint density at radius 3 is 2.53 bits per heavy atom. The Kier molecular flexibility index (Phi) is 4.86. The summed E-state index contributed by atoms with van der Waals surface area (Å²) in [6.45, 7) is 2.24. The molecule has 0 aromatic rings. The van der Waals surface area contributed by atoms with Crippen LogP contribution in [0.4, 0.5) is 4.79 Å². The van der Waals surface area contributed by atoms with Gasteiger partial charge in [-0.15, -0.1) is 0 Å². The van der Waals surface area contributed by atoms with Crippen LogP contribution >= 0.6 is 0 Å². The zero-order valence-electron chi connectivity index (χ0n) is 8.47. The van der Waals surface area contributed by atoms with Crippen LogP contribution in [-0.4, -0.2) is 46.9 Å². The van der Waals surface area contributed by atoms with Crippen molar-refractivity contribution in [2.24, 2.45) is 0 Å². The van der Waals surface area contributed by atoms with Crippen molar-refractivity contribution in [2.75, 3.05) is 19.6 Å². The second-order valence-electron chi connectivity index (χ2n) is 3.35. The van der Waals surface area contributed by atoms with Gasteiger partial charge in [-0.25, -0.2) is 4.79 Å². The molecule has 0 bridgehead atoms. The fraction of sp³-hybridized carbons (Fsp3) is 0.500. The van der Waals surface area contributed by atoms with E-state index in [1.165, 1.54) is 11.1 Å². The highest BCUT2D eigenvalue weighted by Gasteiger charge is 2.08. The minimum absolute atomic E-state index is 0.0648. The lowest BCUT2D eigenvalue weighted by Crippen LogP contribution is -2.24. The molecule has 0 aromatic carbocycles. The third-order valence-electron chi connectivity index (χ3n) is 2.10. The van der Waals surface area contributed by atoms with E-state index in [-0.39, 0.29) is 6.10 Å². The first-order valence-electron chi connectivity index (χ1n) is 4.92. The van der Waals surface area contributed by atoms with Gasteiger partial charge in [-0.3, -0.25) is 4.90 Å². The zero-order valence-corrected chi connectivity index (χ0v) is 8.47. The van der Waals surface area contributed by atoms with Gasteiger partial charge in [0.1, 0.15) is 0 Å². The number of rotatable bonds is 0. The summed E-state index contributed by atoms with van der Waals surface area (Å²) in [4.78, 5) is 11.4. The molecule has 5 heteroatoms. The molecule has 84 valence electrons. The van der Waals surface area contributed by atoms with Crippen LogP contribution in [0.5, 0.6) is 0 Å². The van der Waals surface area contributed by atoms with Gasteiger partial charge in [0.05, 0.1) is 6.10 Å². The molecule has 2 heterocycles. The molecule has 1 saturated heterocycles. The van der Waals surface area contributed by atoms with Gasteiger partial charge in [0, 0.05) is 19.3 Å². The molecule has 2 rings (SSSR count). The summed E-state index contributed by atoms with van der Waals surface area (Å²) in [5.41, 5.74) is 0. The van der Waals surface area contributed by atoms with Crippen LogP contribution in [0.15, 0.2) is 24.4 Å². The summed E-state index contributed by atoms with van der Waals surface area (Å²) in [6, 6.07) is 0. The number of β-amino-alcohol motifs (C(OH)–C–C–N with tert-alkyl or cyclic N) is 1. The maximum atomic E-state index is 10.2. The summed E-state index contributed by atoms with van der Waals surface area (Å²) in [6.07, 6.45) is 6.79. The molecule has 2 aliphatic heterocycles. The molecule has 0 radical (unpaired) electrons. The molecular weight excluding hydrogens is 196 g/mol. The Morgan fingerprint density at radius 2 is 2.27 bits per heavy atom. The van der Waals surface area contributed by atoms with Gasteiger partial charge < -0.3 is 15.5 Å². The molecule has 0 unspecified atom stereocenters. The van der Waals surface area contributed by atoms with Crippen LogP contribution in [0, 0.1) is 0 Å². The highest BCUT2D eigenvalue weighted by Crippen LogP contribution is 1.97. The monoisotopic (exact) mass is 212 g/mol. The molecule has 0 aliphatic carbocycles. The molecule has 0 spiro atoms. The molecule has 15 heavy (non-hydrogen) atoms. The van der Waals surface area contributed by atoms with Crippen molar-refractivity contribution < 1.29 is 15.0 Å². The molecule has 0 aromatic heterocycles. The third-order valence-corrected chi connectivity index (χ3v) is 2.10. The smallest absolute Gasteiger partial charge is 0.411 e. The fourth-order valence-corrected chi connectivity index (χ4v) is 1.25. The van der Waals surface area contributed by atoms with Crippen molar-refractivity contribution in [3.05, 3.63) is 24.4 Å². The highest BCUT2D eigenvalue weighted by molar-refractivity contribution is 5.66. The van der Waals surface area contributed by atoms with Gasteiger partial charge in [-0.05, 0) is 19.0 Å². The van der Waals surface area contributed by atoms with E-state index in [0.29, 0.717) is 6.54 Å². The maximum Gasteiger partial charge on any atom is 0.411 e. The Labute approximate surface area is 88.7 Å². The van der Waals surface area contributed by atoms with Crippen LogP contribution in [0.2, 0.25) is 0 Å². The van der Waals surface area contributed by atoms with Crippen molar-refractivity contribution in [2.45, 2.75) is 12.5 Å².